The molecule has 0 fully saturated rings. The smallest absolute Gasteiger partial charge is 0.320 e. The highest BCUT2D eigenvalue weighted by atomic mass is 35.5. The fourth-order valence-electron chi connectivity index (χ4n) is 1.86. The van der Waals surface area contributed by atoms with Gasteiger partial charge in [-0.15, -0.1) is 11.6 Å². The number of benzene rings is 2. The molecular formula is C16H16ClN3O2. The molecular weight excluding hydrogens is 302 g/mol. The Kier molecular flexibility index (Phi) is 5.63. The minimum Gasteiger partial charge on any atom is -0.480 e. The van der Waals surface area contributed by atoms with Crippen molar-refractivity contribution in [2.75, 3.05) is 0 Å². The predicted octanol–water partition coefficient (Wildman–Crippen LogP) is 3.80. The van der Waals surface area contributed by atoms with Crippen LogP contribution in [-0.4, -0.2) is 17.1 Å². The van der Waals surface area contributed by atoms with Gasteiger partial charge in [-0.1, -0.05) is 24.3 Å². The lowest BCUT2D eigenvalue weighted by Gasteiger charge is -2.06. The Morgan fingerprint density at radius 2 is 1.77 bits per heavy atom. The standard InChI is InChI=1S/C16H16ClN3O2/c17-10-12-2-1-3-14(8-12)20-19-13-6-4-11(5-7-13)9-15(18)16(21)22/h1-8,15H,9-10,18H2,(H,21,22). The molecule has 0 saturated heterocycles. The van der Waals surface area contributed by atoms with Crippen molar-refractivity contribution in [1.82, 2.24) is 0 Å². The molecule has 0 bridgehead atoms. The average Bonchev–Trinajstić information content (AvgIpc) is 2.54. The van der Waals surface area contributed by atoms with Crippen molar-refractivity contribution in [3.05, 3.63) is 59.7 Å². The van der Waals surface area contributed by atoms with Gasteiger partial charge in [-0.3, -0.25) is 4.79 Å². The predicted molar refractivity (Wildman–Crippen MR) is 85.9 cm³/mol. The van der Waals surface area contributed by atoms with Crippen molar-refractivity contribution in [3.63, 3.8) is 0 Å². The Labute approximate surface area is 133 Å². The Balaban J connectivity index is 2.04. The van der Waals surface area contributed by atoms with Crippen LogP contribution >= 0.6 is 11.6 Å². The topological polar surface area (TPSA) is 88.0 Å². The largest absolute Gasteiger partial charge is 0.480 e. The highest BCUT2D eigenvalue weighted by molar-refractivity contribution is 6.17. The number of nitrogens with two attached hydrogens (primary N) is 1. The number of halogens is 1. The molecule has 0 aliphatic heterocycles. The quantitative estimate of drug-likeness (QED) is 0.627. The van der Waals surface area contributed by atoms with Gasteiger partial charge in [-0.25, -0.2) is 0 Å². The van der Waals surface area contributed by atoms with Crippen LogP contribution in [0.1, 0.15) is 11.1 Å². The zero-order chi connectivity index (χ0) is 15.9. The maximum atomic E-state index is 10.7. The van der Waals surface area contributed by atoms with Gasteiger partial charge in [0.2, 0.25) is 0 Å². The summed E-state index contributed by atoms with van der Waals surface area (Å²) in [5.41, 5.74) is 8.74. The molecule has 5 nitrogen and oxygen atoms in total. The summed E-state index contributed by atoms with van der Waals surface area (Å²) in [6.45, 7) is 0. The summed E-state index contributed by atoms with van der Waals surface area (Å²) < 4.78 is 0. The van der Waals surface area contributed by atoms with Crippen molar-refractivity contribution in [2.24, 2.45) is 16.0 Å². The number of nitrogens with zero attached hydrogens (tertiary/aromatic N) is 2. The van der Waals surface area contributed by atoms with Crippen LogP contribution in [0.2, 0.25) is 0 Å². The molecule has 22 heavy (non-hydrogen) atoms. The lowest BCUT2D eigenvalue weighted by Crippen LogP contribution is -2.32. The Morgan fingerprint density at radius 1 is 1.09 bits per heavy atom. The number of aliphatic carboxylic acids is 1. The van der Waals surface area contributed by atoms with Gasteiger partial charge in [0.25, 0.3) is 0 Å². The average molecular weight is 318 g/mol. The van der Waals surface area contributed by atoms with E-state index in [1.807, 2.05) is 24.3 Å². The number of rotatable bonds is 6. The third kappa shape index (κ3) is 4.65. The first-order valence-electron chi connectivity index (χ1n) is 6.72. The molecule has 1 unspecified atom stereocenters. The van der Waals surface area contributed by atoms with Gasteiger partial charge >= 0.3 is 5.97 Å². The van der Waals surface area contributed by atoms with Crippen molar-refractivity contribution in [1.29, 1.82) is 0 Å². The van der Waals surface area contributed by atoms with Crippen LogP contribution in [0, 0.1) is 0 Å². The molecule has 0 radical (unpaired) electrons. The van der Waals surface area contributed by atoms with Crippen LogP contribution < -0.4 is 5.73 Å². The number of hydrogen-bond donors (Lipinski definition) is 2. The Morgan fingerprint density at radius 3 is 2.41 bits per heavy atom. The van der Waals surface area contributed by atoms with E-state index in [1.165, 1.54) is 0 Å². The summed E-state index contributed by atoms with van der Waals surface area (Å²) in [7, 11) is 0. The van der Waals surface area contributed by atoms with Gasteiger partial charge in [0.1, 0.15) is 6.04 Å². The zero-order valence-corrected chi connectivity index (χ0v) is 12.6. The van der Waals surface area contributed by atoms with E-state index >= 15 is 0 Å². The molecule has 2 aromatic carbocycles. The maximum absolute atomic E-state index is 10.7. The highest BCUT2D eigenvalue weighted by Gasteiger charge is 2.11. The maximum Gasteiger partial charge on any atom is 0.320 e. The number of hydrogen-bond acceptors (Lipinski definition) is 4. The summed E-state index contributed by atoms with van der Waals surface area (Å²) in [6.07, 6.45) is 0.282. The fraction of sp³-hybridized carbons (Fsp3) is 0.188. The first-order chi connectivity index (χ1) is 10.6. The van der Waals surface area contributed by atoms with E-state index < -0.39 is 12.0 Å². The molecule has 0 aromatic heterocycles. The summed E-state index contributed by atoms with van der Waals surface area (Å²) in [6, 6.07) is 13.8. The molecule has 0 spiro atoms. The van der Waals surface area contributed by atoms with Crippen molar-refractivity contribution in [2.45, 2.75) is 18.3 Å². The first kappa shape index (κ1) is 16.1. The third-order valence-corrected chi connectivity index (χ3v) is 3.36. The van der Waals surface area contributed by atoms with E-state index in [9.17, 15) is 4.79 Å². The van der Waals surface area contributed by atoms with E-state index in [4.69, 9.17) is 22.4 Å². The Hall–Kier alpha value is -2.24. The van der Waals surface area contributed by atoms with E-state index in [0.717, 1.165) is 16.8 Å². The van der Waals surface area contributed by atoms with Gasteiger partial charge in [0.15, 0.2) is 0 Å². The van der Waals surface area contributed by atoms with Crippen LogP contribution in [0.3, 0.4) is 0 Å². The summed E-state index contributed by atoms with van der Waals surface area (Å²) in [5, 5.41) is 17.1. The van der Waals surface area contributed by atoms with Crippen LogP contribution in [0.5, 0.6) is 0 Å². The zero-order valence-electron chi connectivity index (χ0n) is 11.8. The normalized spacial score (nSPS) is 12.5. The molecule has 2 aromatic rings. The molecule has 0 saturated carbocycles. The van der Waals surface area contributed by atoms with Crippen LogP contribution in [0.4, 0.5) is 11.4 Å². The third-order valence-electron chi connectivity index (χ3n) is 3.05. The molecule has 0 aliphatic rings. The van der Waals surface area contributed by atoms with Crippen LogP contribution in [0.15, 0.2) is 58.8 Å². The second-order valence-corrected chi connectivity index (χ2v) is 5.09. The fourth-order valence-corrected chi connectivity index (χ4v) is 2.02. The first-order valence-corrected chi connectivity index (χ1v) is 7.26. The SMILES string of the molecule is NC(Cc1ccc(N=Nc2cccc(CCl)c2)cc1)C(=O)O. The molecule has 6 heteroatoms. The number of carboxylic acids is 1. The van der Waals surface area contributed by atoms with E-state index in [2.05, 4.69) is 10.2 Å². The van der Waals surface area contributed by atoms with E-state index in [1.54, 1.807) is 24.3 Å². The Bertz CT molecular complexity index is 671. The molecule has 0 heterocycles. The highest BCUT2D eigenvalue weighted by Crippen LogP contribution is 2.20. The molecule has 114 valence electrons. The van der Waals surface area contributed by atoms with Gasteiger partial charge in [-0.05, 0) is 41.8 Å². The van der Waals surface area contributed by atoms with Crippen LogP contribution in [0.25, 0.3) is 0 Å². The molecule has 2 rings (SSSR count). The number of azo groups is 1. The minimum atomic E-state index is -1.01. The monoisotopic (exact) mass is 317 g/mol. The van der Waals surface area contributed by atoms with E-state index in [0.29, 0.717) is 11.6 Å². The summed E-state index contributed by atoms with van der Waals surface area (Å²) in [4.78, 5) is 10.7. The lowest BCUT2D eigenvalue weighted by molar-refractivity contribution is -0.138. The van der Waals surface area contributed by atoms with Crippen molar-refractivity contribution >= 4 is 28.9 Å². The molecule has 0 aliphatic carbocycles. The van der Waals surface area contributed by atoms with Gasteiger partial charge in [0.05, 0.1) is 11.4 Å². The van der Waals surface area contributed by atoms with Gasteiger partial charge in [0, 0.05) is 5.88 Å². The lowest BCUT2D eigenvalue weighted by atomic mass is 10.1. The van der Waals surface area contributed by atoms with Crippen molar-refractivity contribution in [3.8, 4) is 0 Å². The number of carbonyl (C=O) groups is 1. The molecule has 0 amide bonds. The number of carboxylic acid groups (broad SMARTS) is 1. The second kappa shape index (κ2) is 7.68. The minimum absolute atomic E-state index is 0.282. The summed E-state index contributed by atoms with van der Waals surface area (Å²) in [5.74, 6) is -0.579. The van der Waals surface area contributed by atoms with Gasteiger partial charge in [-0.2, -0.15) is 10.2 Å². The van der Waals surface area contributed by atoms with E-state index in [-0.39, 0.29) is 6.42 Å². The van der Waals surface area contributed by atoms with Crippen molar-refractivity contribution < 1.29 is 9.90 Å². The molecule has 3 N–H and O–H groups in total. The number of alkyl halides is 1. The van der Waals surface area contributed by atoms with Gasteiger partial charge < -0.3 is 10.8 Å². The molecule has 1 atom stereocenters. The van der Waals surface area contributed by atoms with Crippen LogP contribution in [-0.2, 0) is 17.1 Å². The summed E-state index contributed by atoms with van der Waals surface area (Å²) >= 11 is 5.77. The second-order valence-electron chi connectivity index (χ2n) is 4.82.